The Balaban J connectivity index is 1.72. The Kier molecular flexibility index (Phi) is 5.76. The van der Waals surface area contributed by atoms with Crippen molar-refractivity contribution in [1.82, 2.24) is 15.2 Å². The predicted octanol–water partition coefficient (Wildman–Crippen LogP) is 5.11. The van der Waals surface area contributed by atoms with Crippen molar-refractivity contribution in [2.45, 2.75) is 58.5 Å². The molecule has 0 radical (unpaired) electrons. The van der Waals surface area contributed by atoms with E-state index in [1.807, 2.05) is 19.9 Å². The number of nitrogens with zero attached hydrogens (tertiary/aromatic N) is 1. The Hall–Kier alpha value is -2.56. The standard InChI is InChI=1S/C21H27N3O2/c1-4-5-8-16(18-13-22-19-10-7-6-9-17(18)19)12-15(3)26-21(25)20-11-14(2)23-24-20/h6-7,9-11,13,15-16,22H,4-5,8,12H2,1-3H3,(H,23,24). The fourth-order valence-corrected chi connectivity index (χ4v) is 3.50. The van der Waals surface area contributed by atoms with Crippen molar-refractivity contribution in [3.8, 4) is 0 Å². The Morgan fingerprint density at radius 3 is 2.85 bits per heavy atom. The van der Waals surface area contributed by atoms with Crippen LogP contribution in [0.3, 0.4) is 0 Å². The van der Waals surface area contributed by atoms with Gasteiger partial charge < -0.3 is 9.72 Å². The van der Waals surface area contributed by atoms with Gasteiger partial charge in [-0.05, 0) is 50.3 Å². The maximum absolute atomic E-state index is 12.3. The quantitative estimate of drug-likeness (QED) is 0.553. The van der Waals surface area contributed by atoms with Crippen LogP contribution in [0, 0.1) is 6.92 Å². The average molecular weight is 353 g/mol. The number of aromatic amines is 2. The zero-order chi connectivity index (χ0) is 18.5. The first kappa shape index (κ1) is 18.2. The van der Waals surface area contributed by atoms with E-state index in [1.54, 1.807) is 6.07 Å². The normalized spacial score (nSPS) is 13.7. The smallest absolute Gasteiger partial charge is 0.356 e. The summed E-state index contributed by atoms with van der Waals surface area (Å²) in [5.74, 6) is 0.0173. The fraction of sp³-hybridized carbons (Fsp3) is 0.429. The van der Waals surface area contributed by atoms with Crippen molar-refractivity contribution in [2.24, 2.45) is 0 Å². The van der Waals surface area contributed by atoms with Crippen molar-refractivity contribution in [3.05, 3.63) is 53.5 Å². The summed E-state index contributed by atoms with van der Waals surface area (Å²) in [6.07, 6.45) is 6.15. The lowest BCUT2D eigenvalue weighted by atomic mass is 9.88. The third-order valence-corrected chi connectivity index (χ3v) is 4.82. The summed E-state index contributed by atoms with van der Waals surface area (Å²) >= 11 is 0. The number of hydrogen-bond donors (Lipinski definition) is 2. The molecule has 3 rings (SSSR count). The Morgan fingerprint density at radius 1 is 1.31 bits per heavy atom. The van der Waals surface area contributed by atoms with Crippen molar-refractivity contribution in [3.63, 3.8) is 0 Å². The molecule has 26 heavy (non-hydrogen) atoms. The molecule has 3 aromatic rings. The van der Waals surface area contributed by atoms with E-state index in [0.29, 0.717) is 11.6 Å². The molecule has 5 nitrogen and oxygen atoms in total. The van der Waals surface area contributed by atoms with Gasteiger partial charge in [0.2, 0.25) is 0 Å². The maximum Gasteiger partial charge on any atom is 0.356 e. The van der Waals surface area contributed by atoms with Crippen LogP contribution in [0.4, 0.5) is 0 Å². The molecule has 2 heterocycles. The first-order valence-corrected chi connectivity index (χ1v) is 9.37. The van der Waals surface area contributed by atoms with Crippen molar-refractivity contribution >= 4 is 16.9 Å². The average Bonchev–Trinajstić information content (AvgIpc) is 3.25. The number of fused-ring (bicyclic) bond motifs is 1. The maximum atomic E-state index is 12.3. The molecule has 0 saturated carbocycles. The van der Waals surface area contributed by atoms with Crippen LogP contribution in [0.5, 0.6) is 0 Å². The largest absolute Gasteiger partial charge is 0.458 e. The lowest BCUT2D eigenvalue weighted by Gasteiger charge is -2.21. The first-order valence-electron chi connectivity index (χ1n) is 9.37. The Labute approximate surface area is 154 Å². The molecule has 1 aromatic carbocycles. The first-order chi connectivity index (χ1) is 12.6. The molecule has 2 atom stereocenters. The highest BCUT2D eigenvalue weighted by atomic mass is 16.5. The number of carbonyl (C=O) groups excluding carboxylic acids is 1. The zero-order valence-corrected chi connectivity index (χ0v) is 15.7. The molecule has 0 aliphatic rings. The third kappa shape index (κ3) is 4.15. The molecule has 2 N–H and O–H groups in total. The number of aromatic nitrogens is 3. The molecule has 138 valence electrons. The molecule has 0 aliphatic heterocycles. The highest BCUT2D eigenvalue weighted by Gasteiger charge is 2.21. The van der Waals surface area contributed by atoms with Crippen LogP contribution in [0.1, 0.15) is 67.2 Å². The summed E-state index contributed by atoms with van der Waals surface area (Å²) in [5, 5.41) is 7.97. The molecule has 0 amide bonds. The summed E-state index contributed by atoms with van der Waals surface area (Å²) in [6.45, 7) is 6.01. The van der Waals surface area contributed by atoms with Gasteiger partial charge >= 0.3 is 5.97 Å². The van der Waals surface area contributed by atoms with Crippen LogP contribution in [0.25, 0.3) is 10.9 Å². The van der Waals surface area contributed by atoms with Gasteiger partial charge in [0.15, 0.2) is 0 Å². The van der Waals surface area contributed by atoms with Crippen molar-refractivity contribution < 1.29 is 9.53 Å². The van der Waals surface area contributed by atoms with Gasteiger partial charge in [-0.15, -0.1) is 0 Å². The highest BCUT2D eigenvalue weighted by Crippen LogP contribution is 2.33. The predicted molar refractivity (Wildman–Crippen MR) is 103 cm³/mol. The number of carbonyl (C=O) groups is 1. The molecule has 0 spiro atoms. The van der Waals surface area contributed by atoms with Crippen molar-refractivity contribution in [1.29, 1.82) is 0 Å². The SMILES string of the molecule is CCCCC(CC(C)OC(=O)c1cc(C)n[nH]1)c1c[nH]c2ccccc12. The number of ether oxygens (including phenoxy) is 1. The molecule has 2 aromatic heterocycles. The van der Waals surface area contributed by atoms with Crippen LogP contribution in [0.2, 0.25) is 0 Å². The summed E-state index contributed by atoms with van der Waals surface area (Å²) in [7, 11) is 0. The number of benzene rings is 1. The Bertz CT molecular complexity index is 865. The van der Waals surface area contributed by atoms with Gasteiger partial charge in [-0.25, -0.2) is 4.79 Å². The van der Waals surface area contributed by atoms with Gasteiger partial charge in [0.25, 0.3) is 0 Å². The summed E-state index contributed by atoms with van der Waals surface area (Å²) in [6, 6.07) is 10.1. The number of H-pyrrole nitrogens is 2. The molecule has 0 aliphatic carbocycles. The Morgan fingerprint density at radius 2 is 2.12 bits per heavy atom. The van der Waals surface area contributed by atoms with Crippen LogP contribution in [-0.4, -0.2) is 27.3 Å². The van der Waals surface area contributed by atoms with E-state index in [-0.39, 0.29) is 12.1 Å². The second kappa shape index (κ2) is 8.21. The molecule has 5 heteroatoms. The van der Waals surface area contributed by atoms with E-state index in [2.05, 4.69) is 46.5 Å². The van der Waals surface area contributed by atoms with Crippen LogP contribution >= 0.6 is 0 Å². The van der Waals surface area contributed by atoms with Crippen LogP contribution in [0.15, 0.2) is 36.5 Å². The second-order valence-corrected chi connectivity index (χ2v) is 7.00. The van der Waals surface area contributed by atoms with E-state index in [4.69, 9.17) is 4.74 Å². The molecule has 0 saturated heterocycles. The third-order valence-electron chi connectivity index (χ3n) is 4.82. The van der Waals surface area contributed by atoms with E-state index in [0.717, 1.165) is 36.9 Å². The zero-order valence-electron chi connectivity index (χ0n) is 15.7. The van der Waals surface area contributed by atoms with Crippen LogP contribution < -0.4 is 0 Å². The number of esters is 1. The van der Waals surface area contributed by atoms with Crippen LogP contribution in [-0.2, 0) is 4.74 Å². The van der Waals surface area contributed by atoms with Gasteiger partial charge in [-0.3, -0.25) is 5.10 Å². The van der Waals surface area contributed by atoms with Gasteiger partial charge in [0.1, 0.15) is 5.69 Å². The minimum absolute atomic E-state index is 0.165. The summed E-state index contributed by atoms with van der Waals surface area (Å²) in [5.41, 5.74) is 3.66. The number of aryl methyl sites for hydroxylation is 1. The number of unbranched alkanes of at least 4 members (excludes halogenated alkanes) is 1. The molecule has 2 unspecified atom stereocenters. The molecule has 0 bridgehead atoms. The summed E-state index contributed by atoms with van der Waals surface area (Å²) in [4.78, 5) is 15.6. The topological polar surface area (TPSA) is 70.8 Å². The molecular formula is C21H27N3O2. The lowest BCUT2D eigenvalue weighted by Crippen LogP contribution is -2.18. The molecular weight excluding hydrogens is 326 g/mol. The van der Waals surface area contributed by atoms with E-state index < -0.39 is 0 Å². The summed E-state index contributed by atoms with van der Waals surface area (Å²) < 4.78 is 5.65. The fourth-order valence-electron chi connectivity index (χ4n) is 3.50. The minimum atomic E-state index is -0.341. The molecule has 0 fully saturated rings. The van der Waals surface area contributed by atoms with Crippen molar-refractivity contribution in [2.75, 3.05) is 0 Å². The number of nitrogens with one attached hydrogen (secondary N) is 2. The second-order valence-electron chi connectivity index (χ2n) is 7.00. The number of para-hydroxylation sites is 1. The highest BCUT2D eigenvalue weighted by molar-refractivity contribution is 5.87. The van der Waals surface area contributed by atoms with Gasteiger partial charge in [0.05, 0.1) is 11.8 Å². The minimum Gasteiger partial charge on any atom is -0.458 e. The van der Waals surface area contributed by atoms with Gasteiger partial charge in [-0.2, -0.15) is 5.10 Å². The number of rotatable bonds is 8. The van der Waals surface area contributed by atoms with E-state index >= 15 is 0 Å². The van der Waals surface area contributed by atoms with Gasteiger partial charge in [-0.1, -0.05) is 38.0 Å². The van der Waals surface area contributed by atoms with Gasteiger partial charge in [0, 0.05) is 17.1 Å². The van der Waals surface area contributed by atoms with E-state index in [9.17, 15) is 4.79 Å². The monoisotopic (exact) mass is 353 g/mol. The van der Waals surface area contributed by atoms with E-state index in [1.165, 1.54) is 10.9 Å². The lowest BCUT2D eigenvalue weighted by molar-refractivity contribution is 0.0300. The number of hydrogen-bond acceptors (Lipinski definition) is 3.